The van der Waals surface area contributed by atoms with Gasteiger partial charge in [0.25, 0.3) is 5.91 Å². The average Bonchev–Trinajstić information content (AvgIpc) is 3.02. The number of nitrogens with zero attached hydrogens (tertiary/aromatic N) is 2. The standard InChI is InChI=1S/C17H20N2O6S2/c1-11-2-4-12(5-3-11)6-19-13-9-27(23,24)10-14(13)26-17(19)18-15(20)7-25-8-16(21)22/h2-5,13-14H,6-10H2,1H3,(H,21,22)/p-1/t13-,14+/m0/s1. The number of amides is 1. The van der Waals surface area contributed by atoms with Crippen LogP contribution in [0.2, 0.25) is 0 Å². The van der Waals surface area contributed by atoms with Crippen LogP contribution in [0.5, 0.6) is 0 Å². The smallest absolute Gasteiger partial charge is 0.274 e. The zero-order valence-corrected chi connectivity index (χ0v) is 16.3. The molecule has 0 saturated carbocycles. The van der Waals surface area contributed by atoms with Gasteiger partial charge >= 0.3 is 0 Å². The summed E-state index contributed by atoms with van der Waals surface area (Å²) in [6, 6.07) is 7.61. The second-order valence-electron chi connectivity index (χ2n) is 6.57. The van der Waals surface area contributed by atoms with E-state index in [4.69, 9.17) is 4.74 Å². The first-order valence-electron chi connectivity index (χ1n) is 8.32. The highest BCUT2D eigenvalue weighted by Crippen LogP contribution is 2.39. The van der Waals surface area contributed by atoms with Crippen LogP contribution in [0.1, 0.15) is 11.1 Å². The molecule has 2 atom stereocenters. The van der Waals surface area contributed by atoms with Crippen LogP contribution in [0.3, 0.4) is 0 Å². The Balaban J connectivity index is 1.77. The fourth-order valence-electron chi connectivity index (χ4n) is 3.07. The van der Waals surface area contributed by atoms with Gasteiger partial charge in [0.1, 0.15) is 6.61 Å². The van der Waals surface area contributed by atoms with Gasteiger partial charge in [-0.2, -0.15) is 4.99 Å². The van der Waals surface area contributed by atoms with Gasteiger partial charge in [-0.25, -0.2) is 8.42 Å². The summed E-state index contributed by atoms with van der Waals surface area (Å²) in [4.78, 5) is 28.2. The fraction of sp³-hybridized carbons (Fsp3) is 0.471. The van der Waals surface area contributed by atoms with Crippen molar-refractivity contribution in [3.8, 4) is 0 Å². The first kappa shape index (κ1) is 19.8. The third kappa shape index (κ3) is 5.08. The van der Waals surface area contributed by atoms with Crippen LogP contribution >= 0.6 is 11.8 Å². The molecule has 2 aliphatic rings. The Bertz CT molecular complexity index is 866. The lowest BCUT2D eigenvalue weighted by atomic mass is 10.1. The third-order valence-electron chi connectivity index (χ3n) is 4.31. The molecule has 0 aromatic heterocycles. The fourth-order valence-corrected chi connectivity index (χ4v) is 7.04. The third-order valence-corrected chi connectivity index (χ3v) is 7.56. The van der Waals surface area contributed by atoms with Gasteiger partial charge < -0.3 is 19.5 Å². The SMILES string of the molecule is Cc1ccc(CN2C(=NC(=O)COCC(=O)[O-])S[C@@H]3CS(=O)(=O)C[C@@H]32)cc1. The minimum atomic E-state index is -3.11. The van der Waals surface area contributed by atoms with E-state index >= 15 is 0 Å². The van der Waals surface area contributed by atoms with Gasteiger partial charge in [0.05, 0.1) is 30.1 Å². The Hall–Kier alpha value is -1.91. The zero-order valence-electron chi connectivity index (χ0n) is 14.7. The second kappa shape index (κ2) is 7.99. The average molecular weight is 411 g/mol. The number of carboxylic acids is 1. The van der Waals surface area contributed by atoms with Crippen molar-refractivity contribution in [2.75, 3.05) is 24.7 Å². The molecule has 8 nitrogen and oxygen atoms in total. The van der Waals surface area contributed by atoms with Gasteiger partial charge in [-0.05, 0) is 12.5 Å². The Morgan fingerprint density at radius 2 is 1.96 bits per heavy atom. The number of rotatable bonds is 6. The van der Waals surface area contributed by atoms with Crippen LogP contribution < -0.4 is 5.11 Å². The van der Waals surface area contributed by atoms with E-state index in [9.17, 15) is 23.1 Å². The lowest BCUT2D eigenvalue weighted by Crippen LogP contribution is -2.37. The molecule has 2 saturated heterocycles. The molecule has 1 aromatic rings. The molecule has 0 spiro atoms. The van der Waals surface area contributed by atoms with E-state index in [-0.39, 0.29) is 22.8 Å². The first-order valence-corrected chi connectivity index (χ1v) is 11.0. The zero-order chi connectivity index (χ0) is 19.6. The summed E-state index contributed by atoms with van der Waals surface area (Å²) in [5.74, 6) is -1.94. The number of aliphatic carboxylic acids is 1. The number of thioether (sulfide) groups is 1. The molecule has 3 rings (SSSR count). The van der Waals surface area contributed by atoms with Crippen molar-refractivity contribution >= 4 is 38.6 Å². The van der Waals surface area contributed by atoms with E-state index in [2.05, 4.69) is 4.99 Å². The summed E-state index contributed by atoms with van der Waals surface area (Å²) in [6.07, 6.45) is 0. The molecule has 2 fully saturated rings. The molecule has 146 valence electrons. The summed E-state index contributed by atoms with van der Waals surface area (Å²) >= 11 is 1.27. The molecular weight excluding hydrogens is 392 g/mol. The Morgan fingerprint density at radius 3 is 2.63 bits per heavy atom. The van der Waals surface area contributed by atoms with Crippen molar-refractivity contribution in [2.45, 2.75) is 24.8 Å². The molecule has 27 heavy (non-hydrogen) atoms. The molecule has 10 heteroatoms. The van der Waals surface area contributed by atoms with E-state index in [0.29, 0.717) is 11.7 Å². The van der Waals surface area contributed by atoms with E-state index in [1.807, 2.05) is 36.1 Å². The number of sulfone groups is 1. The summed E-state index contributed by atoms with van der Waals surface area (Å²) < 4.78 is 28.7. The van der Waals surface area contributed by atoms with Gasteiger partial charge in [-0.3, -0.25) is 4.79 Å². The number of fused-ring (bicyclic) bond motifs is 1. The highest BCUT2D eigenvalue weighted by Gasteiger charge is 2.48. The minimum Gasteiger partial charge on any atom is -0.548 e. The summed E-state index contributed by atoms with van der Waals surface area (Å²) in [6.45, 7) is 1.27. The lowest BCUT2D eigenvalue weighted by Gasteiger charge is -2.24. The van der Waals surface area contributed by atoms with Crippen LogP contribution in [0.25, 0.3) is 0 Å². The Morgan fingerprint density at radius 1 is 1.26 bits per heavy atom. The molecule has 0 N–H and O–H groups in total. The maximum absolute atomic E-state index is 12.0. The summed E-state index contributed by atoms with van der Waals surface area (Å²) in [5.41, 5.74) is 2.10. The molecule has 0 bridgehead atoms. The van der Waals surface area contributed by atoms with Crippen LogP contribution in [-0.2, 0) is 30.7 Å². The molecule has 0 radical (unpaired) electrons. The van der Waals surface area contributed by atoms with Crippen LogP contribution in [0.4, 0.5) is 0 Å². The highest BCUT2D eigenvalue weighted by atomic mass is 32.2. The number of carbonyl (C=O) groups excluding carboxylic acids is 2. The van der Waals surface area contributed by atoms with E-state index in [1.54, 1.807) is 0 Å². The molecular formula is C17H19N2O6S2-. The van der Waals surface area contributed by atoms with Crippen molar-refractivity contribution in [3.63, 3.8) is 0 Å². The van der Waals surface area contributed by atoms with Crippen LogP contribution in [-0.4, -0.2) is 66.4 Å². The molecule has 0 aliphatic carbocycles. The van der Waals surface area contributed by atoms with Gasteiger partial charge in [0.2, 0.25) is 0 Å². The molecule has 1 amide bonds. The number of hydrogen-bond donors (Lipinski definition) is 0. The van der Waals surface area contributed by atoms with Crippen molar-refractivity contribution in [2.24, 2.45) is 4.99 Å². The Labute approximate surface area is 161 Å². The van der Waals surface area contributed by atoms with Gasteiger partial charge in [-0.15, -0.1) is 0 Å². The maximum atomic E-state index is 12.0. The summed E-state index contributed by atoms with van der Waals surface area (Å²) in [7, 11) is -3.11. The Kier molecular flexibility index (Phi) is 5.87. The topological polar surface area (TPSA) is 116 Å². The van der Waals surface area contributed by atoms with E-state index in [1.165, 1.54) is 11.8 Å². The largest absolute Gasteiger partial charge is 0.548 e. The number of carboxylic acid groups (broad SMARTS) is 1. The number of benzene rings is 1. The number of amidine groups is 1. The van der Waals surface area contributed by atoms with Crippen molar-refractivity contribution in [1.29, 1.82) is 0 Å². The number of ether oxygens (including phenoxy) is 1. The predicted octanol–water partition coefficient (Wildman–Crippen LogP) is -0.641. The second-order valence-corrected chi connectivity index (χ2v) is 9.93. The molecule has 0 unspecified atom stereocenters. The lowest BCUT2D eigenvalue weighted by molar-refractivity contribution is -0.309. The minimum absolute atomic E-state index is 0.0327. The van der Waals surface area contributed by atoms with Crippen molar-refractivity contribution < 1.29 is 27.9 Å². The normalized spacial score (nSPS) is 24.9. The quantitative estimate of drug-likeness (QED) is 0.607. The number of hydrogen-bond acceptors (Lipinski definition) is 7. The monoisotopic (exact) mass is 411 g/mol. The molecule has 2 heterocycles. The van der Waals surface area contributed by atoms with Crippen LogP contribution in [0, 0.1) is 6.92 Å². The molecule has 1 aromatic carbocycles. The van der Waals surface area contributed by atoms with E-state index < -0.39 is 34.9 Å². The highest BCUT2D eigenvalue weighted by molar-refractivity contribution is 8.15. The van der Waals surface area contributed by atoms with Gasteiger partial charge in [0.15, 0.2) is 15.0 Å². The number of carbonyl (C=O) groups is 2. The van der Waals surface area contributed by atoms with E-state index in [0.717, 1.165) is 11.1 Å². The molecule has 2 aliphatic heterocycles. The van der Waals surface area contributed by atoms with Crippen LogP contribution in [0.15, 0.2) is 29.3 Å². The number of aliphatic imine (C=N–C) groups is 1. The van der Waals surface area contributed by atoms with Crippen molar-refractivity contribution in [1.82, 2.24) is 4.90 Å². The predicted molar refractivity (Wildman–Crippen MR) is 98.8 cm³/mol. The first-order chi connectivity index (χ1) is 12.7. The summed E-state index contributed by atoms with van der Waals surface area (Å²) in [5, 5.41) is 10.6. The van der Waals surface area contributed by atoms with Gasteiger partial charge in [-0.1, -0.05) is 41.6 Å². The van der Waals surface area contributed by atoms with Gasteiger partial charge in [0, 0.05) is 11.8 Å². The number of aryl methyl sites for hydroxylation is 1. The maximum Gasteiger partial charge on any atom is 0.274 e. The van der Waals surface area contributed by atoms with Crippen molar-refractivity contribution in [3.05, 3.63) is 35.4 Å².